The quantitative estimate of drug-likeness (QED) is 0.467. The van der Waals surface area contributed by atoms with Crippen LogP contribution in [0.3, 0.4) is 0 Å². The van der Waals surface area contributed by atoms with Crippen LogP contribution in [0.25, 0.3) is 0 Å². The highest BCUT2D eigenvalue weighted by atomic mass is 16.1. The number of rotatable bonds is 6. The standard InChI is InChI=1S/C10H16N4O/c1-12-14-13-9(10(11)15)7-8-5-3-2-4-6-8/h2-6,9,12-14H,7H2,1H3,(H2,11,15)/t9-/m0/s1. The zero-order chi connectivity index (χ0) is 11.1. The summed E-state index contributed by atoms with van der Waals surface area (Å²) in [5.74, 6) is -0.387. The fraction of sp³-hybridized carbons (Fsp3) is 0.300. The molecule has 0 aliphatic rings. The summed E-state index contributed by atoms with van der Waals surface area (Å²) in [5, 5.41) is 0. The monoisotopic (exact) mass is 208 g/mol. The van der Waals surface area contributed by atoms with Crippen LogP contribution in [0.4, 0.5) is 0 Å². The molecule has 5 nitrogen and oxygen atoms in total. The zero-order valence-corrected chi connectivity index (χ0v) is 8.66. The highest BCUT2D eigenvalue weighted by Crippen LogP contribution is 2.02. The molecule has 1 aromatic carbocycles. The lowest BCUT2D eigenvalue weighted by atomic mass is 10.1. The van der Waals surface area contributed by atoms with Gasteiger partial charge in [0.05, 0.1) is 0 Å². The number of hydrogen-bond donors (Lipinski definition) is 4. The van der Waals surface area contributed by atoms with Crippen molar-refractivity contribution in [2.75, 3.05) is 7.05 Å². The predicted octanol–water partition coefficient (Wildman–Crippen LogP) is -0.688. The van der Waals surface area contributed by atoms with Gasteiger partial charge in [0.15, 0.2) is 0 Å². The van der Waals surface area contributed by atoms with E-state index < -0.39 is 6.04 Å². The van der Waals surface area contributed by atoms with Crippen molar-refractivity contribution in [3.8, 4) is 0 Å². The lowest BCUT2D eigenvalue weighted by Crippen LogP contribution is -2.53. The van der Waals surface area contributed by atoms with Gasteiger partial charge in [-0.2, -0.15) is 5.53 Å². The van der Waals surface area contributed by atoms with E-state index in [2.05, 4.69) is 16.4 Å². The Kier molecular flexibility index (Phi) is 4.76. The molecule has 1 atom stereocenters. The normalized spacial score (nSPS) is 12.3. The topological polar surface area (TPSA) is 79.2 Å². The van der Waals surface area contributed by atoms with E-state index in [1.807, 2.05) is 30.3 Å². The van der Waals surface area contributed by atoms with Crippen molar-refractivity contribution in [1.29, 1.82) is 0 Å². The molecule has 0 bridgehead atoms. The number of primary amides is 1. The molecule has 0 aliphatic heterocycles. The van der Waals surface area contributed by atoms with E-state index in [4.69, 9.17) is 5.73 Å². The molecule has 0 aromatic heterocycles. The average molecular weight is 208 g/mol. The molecule has 0 saturated heterocycles. The van der Waals surface area contributed by atoms with Crippen LogP contribution >= 0.6 is 0 Å². The van der Waals surface area contributed by atoms with Gasteiger partial charge in [0.2, 0.25) is 5.91 Å². The van der Waals surface area contributed by atoms with Gasteiger partial charge in [0, 0.05) is 0 Å². The van der Waals surface area contributed by atoms with E-state index in [1.165, 1.54) is 0 Å². The van der Waals surface area contributed by atoms with Gasteiger partial charge in [0.1, 0.15) is 6.04 Å². The molecule has 0 saturated carbocycles. The molecule has 5 N–H and O–H groups in total. The summed E-state index contributed by atoms with van der Waals surface area (Å²) < 4.78 is 0. The van der Waals surface area contributed by atoms with Crippen LogP contribution in [0, 0.1) is 0 Å². The molecular formula is C10H16N4O. The number of carbonyl (C=O) groups is 1. The van der Waals surface area contributed by atoms with Crippen LogP contribution in [0.2, 0.25) is 0 Å². The molecule has 15 heavy (non-hydrogen) atoms. The highest BCUT2D eigenvalue weighted by Gasteiger charge is 2.14. The third kappa shape index (κ3) is 4.07. The van der Waals surface area contributed by atoms with Gasteiger partial charge in [-0.25, -0.2) is 10.9 Å². The van der Waals surface area contributed by atoms with Crippen molar-refractivity contribution in [2.24, 2.45) is 5.73 Å². The number of hydrazine groups is 2. The van der Waals surface area contributed by atoms with Gasteiger partial charge in [-0.05, 0) is 19.0 Å². The number of benzene rings is 1. The van der Waals surface area contributed by atoms with Crippen LogP contribution < -0.4 is 22.1 Å². The largest absolute Gasteiger partial charge is 0.368 e. The van der Waals surface area contributed by atoms with E-state index in [-0.39, 0.29) is 5.91 Å². The first-order valence-corrected chi connectivity index (χ1v) is 4.74. The average Bonchev–Trinajstić information content (AvgIpc) is 2.25. The molecule has 1 rings (SSSR count). The van der Waals surface area contributed by atoms with Gasteiger partial charge in [-0.15, -0.1) is 0 Å². The van der Waals surface area contributed by atoms with Crippen molar-refractivity contribution < 1.29 is 4.79 Å². The molecule has 1 amide bonds. The third-order valence-electron chi connectivity index (χ3n) is 2.00. The Labute approximate surface area is 89.0 Å². The Morgan fingerprint density at radius 2 is 2.07 bits per heavy atom. The fourth-order valence-electron chi connectivity index (χ4n) is 1.23. The van der Waals surface area contributed by atoms with Gasteiger partial charge >= 0.3 is 0 Å². The second-order valence-electron chi connectivity index (χ2n) is 3.16. The predicted molar refractivity (Wildman–Crippen MR) is 58.5 cm³/mol. The first-order chi connectivity index (χ1) is 7.24. The van der Waals surface area contributed by atoms with Crippen molar-refractivity contribution in [2.45, 2.75) is 12.5 Å². The summed E-state index contributed by atoms with van der Waals surface area (Å²) in [6, 6.07) is 9.27. The lowest BCUT2D eigenvalue weighted by molar-refractivity contribution is -0.120. The zero-order valence-electron chi connectivity index (χ0n) is 8.66. The Morgan fingerprint density at radius 1 is 1.40 bits per heavy atom. The second kappa shape index (κ2) is 6.13. The Hall–Kier alpha value is -1.43. The Bertz CT molecular complexity index is 302. The Morgan fingerprint density at radius 3 is 2.60 bits per heavy atom. The molecule has 82 valence electrons. The van der Waals surface area contributed by atoms with Crippen molar-refractivity contribution >= 4 is 5.91 Å². The van der Waals surface area contributed by atoms with E-state index in [9.17, 15) is 4.79 Å². The molecule has 1 aromatic rings. The first-order valence-electron chi connectivity index (χ1n) is 4.74. The van der Waals surface area contributed by atoms with Crippen molar-refractivity contribution in [3.63, 3.8) is 0 Å². The van der Waals surface area contributed by atoms with Crippen molar-refractivity contribution in [3.05, 3.63) is 35.9 Å². The van der Waals surface area contributed by atoms with Crippen LogP contribution in [-0.2, 0) is 11.2 Å². The summed E-state index contributed by atoms with van der Waals surface area (Å²) in [6.07, 6.45) is 0.560. The van der Waals surface area contributed by atoms with Crippen LogP contribution in [0.5, 0.6) is 0 Å². The van der Waals surface area contributed by atoms with Gasteiger partial charge in [-0.3, -0.25) is 4.79 Å². The number of amides is 1. The van der Waals surface area contributed by atoms with Crippen LogP contribution in [0.15, 0.2) is 30.3 Å². The van der Waals surface area contributed by atoms with Gasteiger partial charge in [-0.1, -0.05) is 30.3 Å². The molecule has 5 heteroatoms. The van der Waals surface area contributed by atoms with E-state index in [0.29, 0.717) is 6.42 Å². The van der Waals surface area contributed by atoms with Crippen LogP contribution in [-0.4, -0.2) is 19.0 Å². The highest BCUT2D eigenvalue weighted by molar-refractivity contribution is 5.80. The smallest absolute Gasteiger partial charge is 0.236 e. The molecule has 0 fully saturated rings. The van der Waals surface area contributed by atoms with Crippen molar-refractivity contribution in [1.82, 2.24) is 16.4 Å². The third-order valence-corrected chi connectivity index (χ3v) is 2.00. The van der Waals surface area contributed by atoms with E-state index >= 15 is 0 Å². The van der Waals surface area contributed by atoms with E-state index in [1.54, 1.807) is 7.05 Å². The molecular weight excluding hydrogens is 192 g/mol. The number of nitrogens with one attached hydrogen (secondary N) is 3. The summed E-state index contributed by atoms with van der Waals surface area (Å²) in [6.45, 7) is 0. The Balaban J connectivity index is 2.55. The minimum Gasteiger partial charge on any atom is -0.368 e. The summed E-state index contributed by atoms with van der Waals surface area (Å²) in [7, 11) is 1.70. The number of hydrogen-bond acceptors (Lipinski definition) is 4. The minimum absolute atomic E-state index is 0.387. The maximum atomic E-state index is 11.1. The molecule has 0 radical (unpaired) electrons. The summed E-state index contributed by atoms with van der Waals surface area (Å²) in [4.78, 5) is 11.1. The lowest BCUT2D eigenvalue weighted by Gasteiger charge is -2.15. The fourth-order valence-corrected chi connectivity index (χ4v) is 1.23. The maximum absolute atomic E-state index is 11.1. The second-order valence-corrected chi connectivity index (χ2v) is 3.16. The van der Waals surface area contributed by atoms with Gasteiger partial charge < -0.3 is 5.73 Å². The first kappa shape index (κ1) is 11.6. The molecule has 0 heterocycles. The molecule has 0 spiro atoms. The number of nitrogens with two attached hydrogens (primary N) is 1. The van der Waals surface area contributed by atoms with E-state index in [0.717, 1.165) is 5.56 Å². The molecule has 0 aliphatic carbocycles. The maximum Gasteiger partial charge on any atom is 0.236 e. The molecule has 0 unspecified atom stereocenters. The number of carbonyl (C=O) groups excluding carboxylic acids is 1. The van der Waals surface area contributed by atoms with Gasteiger partial charge in [0.25, 0.3) is 0 Å². The minimum atomic E-state index is -0.431. The van der Waals surface area contributed by atoms with Crippen LogP contribution in [0.1, 0.15) is 5.56 Å². The summed E-state index contributed by atoms with van der Waals surface area (Å²) in [5.41, 5.74) is 14.4. The summed E-state index contributed by atoms with van der Waals surface area (Å²) >= 11 is 0. The SMILES string of the molecule is CNNN[C@@H](Cc1ccccc1)C(N)=O.